The quantitative estimate of drug-likeness (QED) is 0.775. The average molecular weight is 333 g/mol. The van der Waals surface area contributed by atoms with Gasteiger partial charge in [-0.25, -0.2) is 8.42 Å². The highest BCUT2D eigenvalue weighted by atomic mass is 32.2. The minimum atomic E-state index is -3.48. The molecule has 0 amide bonds. The molecule has 0 unspecified atom stereocenters. The lowest BCUT2D eigenvalue weighted by atomic mass is 10.0. The molecule has 0 heterocycles. The summed E-state index contributed by atoms with van der Waals surface area (Å²) in [5.41, 5.74) is 5.09. The van der Waals surface area contributed by atoms with Gasteiger partial charge in [0.25, 0.3) is 10.0 Å². The van der Waals surface area contributed by atoms with Crippen LogP contribution in [-0.4, -0.2) is 8.42 Å². The fraction of sp³-hybridized carbons (Fsp3) is 0.474. The number of aryl methyl sites for hydroxylation is 1. The van der Waals surface area contributed by atoms with Crippen molar-refractivity contribution in [3.63, 3.8) is 0 Å². The molecule has 0 saturated carbocycles. The third-order valence-electron chi connectivity index (χ3n) is 4.28. The Balaban J connectivity index is 2.19. The Bertz CT molecular complexity index is 697. The van der Waals surface area contributed by atoms with Crippen molar-refractivity contribution in [2.45, 2.75) is 64.2 Å². The van der Waals surface area contributed by atoms with Crippen LogP contribution in [0.25, 0.3) is 0 Å². The first-order chi connectivity index (χ1) is 11.0. The average Bonchev–Trinajstić information content (AvgIpc) is 2.89. The molecule has 1 aliphatic rings. The Morgan fingerprint density at radius 3 is 2.30 bits per heavy atom. The van der Waals surface area contributed by atoms with E-state index >= 15 is 0 Å². The standard InChI is InChI=1S/C19H27NO2S/c1-4-6-16-10-11-17(19(16)7-5-2)14-20-23(21,22)18-12-8-15(3)9-13-18/h8-9,12-14,20H,4-7,10-11H2,1-3H3/b17-14+. The van der Waals surface area contributed by atoms with Crippen molar-refractivity contribution in [2.24, 2.45) is 0 Å². The summed E-state index contributed by atoms with van der Waals surface area (Å²) in [7, 11) is -3.48. The van der Waals surface area contributed by atoms with Gasteiger partial charge in [0.1, 0.15) is 0 Å². The van der Waals surface area contributed by atoms with E-state index in [1.807, 2.05) is 19.1 Å². The van der Waals surface area contributed by atoms with Gasteiger partial charge in [-0.05, 0) is 55.9 Å². The second-order valence-electron chi connectivity index (χ2n) is 6.19. The van der Waals surface area contributed by atoms with Crippen LogP contribution in [0.5, 0.6) is 0 Å². The van der Waals surface area contributed by atoms with Crippen molar-refractivity contribution in [1.29, 1.82) is 0 Å². The molecule has 0 spiro atoms. The molecule has 3 nitrogen and oxygen atoms in total. The van der Waals surface area contributed by atoms with Crippen molar-refractivity contribution in [3.05, 3.63) is 52.7 Å². The molecule has 0 radical (unpaired) electrons. The Kier molecular flexibility index (Phi) is 6.05. The zero-order valence-corrected chi connectivity index (χ0v) is 15.2. The van der Waals surface area contributed by atoms with Crippen LogP contribution in [-0.2, 0) is 10.0 Å². The number of hydrogen-bond acceptors (Lipinski definition) is 2. The molecule has 126 valence electrons. The zero-order valence-electron chi connectivity index (χ0n) is 14.4. The number of hydrogen-bond donors (Lipinski definition) is 1. The molecule has 23 heavy (non-hydrogen) atoms. The Labute approximate surface area is 140 Å². The predicted octanol–water partition coefficient (Wildman–Crippen LogP) is 4.85. The lowest BCUT2D eigenvalue weighted by Crippen LogP contribution is -2.18. The number of rotatable bonds is 7. The molecule has 1 aromatic rings. The summed E-state index contributed by atoms with van der Waals surface area (Å²) in [6, 6.07) is 6.93. The van der Waals surface area contributed by atoms with E-state index in [4.69, 9.17) is 0 Å². The first-order valence-corrected chi connectivity index (χ1v) is 9.95. The van der Waals surface area contributed by atoms with Crippen LogP contribution >= 0.6 is 0 Å². The minimum Gasteiger partial charge on any atom is -0.286 e. The van der Waals surface area contributed by atoms with E-state index in [9.17, 15) is 8.42 Å². The van der Waals surface area contributed by atoms with Crippen molar-refractivity contribution in [2.75, 3.05) is 0 Å². The summed E-state index contributed by atoms with van der Waals surface area (Å²) in [5.74, 6) is 0. The molecule has 0 aliphatic heterocycles. The van der Waals surface area contributed by atoms with Gasteiger partial charge in [-0.15, -0.1) is 0 Å². The fourth-order valence-electron chi connectivity index (χ4n) is 3.07. The molecule has 0 aromatic heterocycles. The van der Waals surface area contributed by atoms with E-state index in [2.05, 4.69) is 18.6 Å². The van der Waals surface area contributed by atoms with Gasteiger partial charge < -0.3 is 0 Å². The van der Waals surface area contributed by atoms with Gasteiger partial charge in [0.15, 0.2) is 0 Å². The summed E-state index contributed by atoms with van der Waals surface area (Å²) < 4.78 is 27.5. The summed E-state index contributed by atoms with van der Waals surface area (Å²) >= 11 is 0. The fourth-order valence-corrected chi connectivity index (χ4v) is 4.00. The van der Waals surface area contributed by atoms with Gasteiger partial charge in [0, 0.05) is 6.20 Å². The topological polar surface area (TPSA) is 46.2 Å². The lowest BCUT2D eigenvalue weighted by molar-refractivity contribution is 0.590. The molecular weight excluding hydrogens is 306 g/mol. The molecule has 4 heteroatoms. The molecule has 1 N–H and O–H groups in total. The predicted molar refractivity (Wildman–Crippen MR) is 95.7 cm³/mol. The van der Waals surface area contributed by atoms with Gasteiger partial charge in [-0.3, -0.25) is 4.72 Å². The van der Waals surface area contributed by atoms with Crippen molar-refractivity contribution < 1.29 is 8.42 Å². The van der Waals surface area contributed by atoms with Gasteiger partial charge >= 0.3 is 0 Å². The largest absolute Gasteiger partial charge is 0.286 e. The van der Waals surface area contributed by atoms with Gasteiger partial charge in [-0.2, -0.15) is 0 Å². The monoisotopic (exact) mass is 333 g/mol. The maximum Gasteiger partial charge on any atom is 0.261 e. The molecule has 0 saturated heterocycles. The molecular formula is C19H27NO2S. The first kappa shape index (κ1) is 17.8. The Morgan fingerprint density at radius 2 is 1.70 bits per heavy atom. The van der Waals surface area contributed by atoms with Crippen LogP contribution in [0.15, 0.2) is 52.1 Å². The summed E-state index contributed by atoms with van der Waals surface area (Å²) in [4.78, 5) is 0.313. The van der Waals surface area contributed by atoms with Gasteiger partial charge in [0.05, 0.1) is 4.90 Å². The van der Waals surface area contributed by atoms with Crippen LogP contribution in [0.2, 0.25) is 0 Å². The minimum absolute atomic E-state index is 0.313. The maximum absolute atomic E-state index is 12.4. The number of allylic oxidation sites excluding steroid dienone is 3. The van der Waals surface area contributed by atoms with E-state index in [1.54, 1.807) is 18.3 Å². The van der Waals surface area contributed by atoms with E-state index < -0.39 is 10.0 Å². The van der Waals surface area contributed by atoms with Crippen LogP contribution in [0.3, 0.4) is 0 Å². The number of nitrogens with one attached hydrogen (secondary N) is 1. The van der Waals surface area contributed by atoms with Gasteiger partial charge in [0.2, 0.25) is 0 Å². The second kappa shape index (κ2) is 7.82. The smallest absolute Gasteiger partial charge is 0.261 e. The van der Waals surface area contributed by atoms with E-state index in [-0.39, 0.29) is 0 Å². The van der Waals surface area contributed by atoms with Crippen LogP contribution in [0.4, 0.5) is 0 Å². The number of sulfonamides is 1. The van der Waals surface area contributed by atoms with Crippen molar-refractivity contribution in [1.82, 2.24) is 4.72 Å². The lowest BCUT2D eigenvalue weighted by Gasteiger charge is -2.09. The molecule has 0 atom stereocenters. The highest BCUT2D eigenvalue weighted by Crippen LogP contribution is 2.36. The summed E-state index contributed by atoms with van der Waals surface area (Å²) in [6.45, 7) is 6.31. The number of benzene rings is 1. The van der Waals surface area contributed by atoms with E-state index in [0.29, 0.717) is 4.90 Å². The molecule has 1 aromatic carbocycles. The van der Waals surface area contributed by atoms with Crippen molar-refractivity contribution in [3.8, 4) is 0 Å². The van der Waals surface area contributed by atoms with E-state index in [1.165, 1.54) is 11.1 Å². The Hall–Kier alpha value is -1.55. The molecule has 1 aliphatic carbocycles. The molecule has 0 fully saturated rings. The van der Waals surface area contributed by atoms with Crippen LogP contribution in [0, 0.1) is 6.92 Å². The summed E-state index contributed by atoms with van der Waals surface area (Å²) in [5, 5.41) is 0. The maximum atomic E-state index is 12.4. The van der Waals surface area contributed by atoms with Crippen LogP contribution < -0.4 is 4.72 Å². The SMILES string of the molecule is CCCC1=C(CCC)/C(=C/NS(=O)(=O)c2ccc(C)cc2)CC1. The highest BCUT2D eigenvalue weighted by Gasteiger charge is 2.19. The molecule has 0 bridgehead atoms. The normalized spacial score (nSPS) is 17.1. The van der Waals surface area contributed by atoms with E-state index in [0.717, 1.165) is 49.7 Å². The second-order valence-corrected chi connectivity index (χ2v) is 7.90. The third-order valence-corrected chi connectivity index (χ3v) is 5.60. The van der Waals surface area contributed by atoms with Crippen LogP contribution in [0.1, 0.15) is 57.9 Å². The Morgan fingerprint density at radius 1 is 1.04 bits per heavy atom. The van der Waals surface area contributed by atoms with Gasteiger partial charge in [-0.1, -0.05) is 50.0 Å². The third kappa shape index (κ3) is 4.47. The zero-order chi connectivity index (χ0) is 16.9. The highest BCUT2D eigenvalue weighted by molar-refractivity contribution is 7.89. The molecule has 2 rings (SSSR count). The summed E-state index contributed by atoms with van der Waals surface area (Å²) in [6.07, 6.45) is 8.12. The van der Waals surface area contributed by atoms with Crippen molar-refractivity contribution >= 4 is 10.0 Å². The first-order valence-electron chi connectivity index (χ1n) is 8.47.